The molecule has 0 bridgehead atoms. The van der Waals surface area contributed by atoms with Crippen molar-refractivity contribution in [2.75, 3.05) is 5.75 Å². The second-order valence-electron chi connectivity index (χ2n) is 5.22. The van der Waals surface area contributed by atoms with Crippen molar-refractivity contribution >= 4 is 11.8 Å². The SMILES string of the molecule is NC1(CCSc2ccccc2)CCc2ccccc21. The summed E-state index contributed by atoms with van der Waals surface area (Å²) in [5.41, 5.74) is 9.31. The first-order chi connectivity index (χ1) is 9.28. The molecule has 3 rings (SSSR count). The van der Waals surface area contributed by atoms with E-state index >= 15 is 0 Å². The van der Waals surface area contributed by atoms with Crippen LogP contribution in [-0.4, -0.2) is 5.75 Å². The van der Waals surface area contributed by atoms with E-state index in [1.165, 1.54) is 16.0 Å². The van der Waals surface area contributed by atoms with Crippen molar-refractivity contribution < 1.29 is 0 Å². The van der Waals surface area contributed by atoms with Crippen molar-refractivity contribution in [1.29, 1.82) is 0 Å². The lowest BCUT2D eigenvalue weighted by molar-refractivity contribution is 0.430. The van der Waals surface area contributed by atoms with E-state index in [1.54, 1.807) is 0 Å². The van der Waals surface area contributed by atoms with E-state index in [0.717, 1.165) is 25.0 Å². The van der Waals surface area contributed by atoms with Crippen molar-refractivity contribution in [3.63, 3.8) is 0 Å². The first-order valence-corrected chi connectivity index (χ1v) is 7.82. The van der Waals surface area contributed by atoms with E-state index in [2.05, 4.69) is 54.6 Å². The fourth-order valence-corrected chi connectivity index (χ4v) is 3.90. The lowest BCUT2D eigenvalue weighted by atomic mass is 9.90. The zero-order valence-corrected chi connectivity index (χ0v) is 11.8. The van der Waals surface area contributed by atoms with Crippen molar-refractivity contribution in [2.45, 2.75) is 29.7 Å². The van der Waals surface area contributed by atoms with Crippen LogP contribution in [0.15, 0.2) is 59.5 Å². The first kappa shape index (κ1) is 12.8. The lowest BCUT2D eigenvalue weighted by Crippen LogP contribution is -2.34. The highest BCUT2D eigenvalue weighted by atomic mass is 32.2. The van der Waals surface area contributed by atoms with Gasteiger partial charge in [-0.05, 0) is 42.5 Å². The maximum atomic E-state index is 6.62. The second kappa shape index (κ2) is 5.40. The van der Waals surface area contributed by atoms with Gasteiger partial charge in [0.15, 0.2) is 0 Å². The Hall–Kier alpha value is -1.25. The van der Waals surface area contributed by atoms with E-state index in [4.69, 9.17) is 5.73 Å². The lowest BCUT2D eigenvalue weighted by Gasteiger charge is -2.25. The number of rotatable bonds is 4. The van der Waals surface area contributed by atoms with Gasteiger partial charge in [0.1, 0.15) is 0 Å². The Bertz CT molecular complexity index is 552. The van der Waals surface area contributed by atoms with E-state index in [-0.39, 0.29) is 5.54 Å². The minimum absolute atomic E-state index is 0.113. The van der Waals surface area contributed by atoms with Crippen molar-refractivity contribution in [3.05, 3.63) is 65.7 Å². The summed E-state index contributed by atoms with van der Waals surface area (Å²) in [6.45, 7) is 0. The molecule has 0 saturated carbocycles. The number of fused-ring (bicyclic) bond motifs is 1. The molecular weight excluding hydrogens is 250 g/mol. The molecule has 98 valence electrons. The Morgan fingerprint density at radius 2 is 1.74 bits per heavy atom. The van der Waals surface area contributed by atoms with Gasteiger partial charge in [0, 0.05) is 16.2 Å². The Kier molecular flexibility index (Phi) is 3.63. The molecule has 1 atom stereocenters. The molecule has 1 unspecified atom stereocenters. The molecule has 2 N–H and O–H groups in total. The van der Waals surface area contributed by atoms with Gasteiger partial charge in [0.2, 0.25) is 0 Å². The number of thioether (sulfide) groups is 1. The Morgan fingerprint density at radius 1 is 1.00 bits per heavy atom. The van der Waals surface area contributed by atoms with Crippen LogP contribution in [0.25, 0.3) is 0 Å². The Labute approximate surface area is 119 Å². The van der Waals surface area contributed by atoms with Crippen molar-refractivity contribution in [2.24, 2.45) is 5.73 Å². The topological polar surface area (TPSA) is 26.0 Å². The summed E-state index contributed by atoms with van der Waals surface area (Å²) in [5.74, 6) is 1.08. The maximum Gasteiger partial charge on any atom is 0.0423 e. The maximum absolute atomic E-state index is 6.62. The summed E-state index contributed by atoms with van der Waals surface area (Å²) in [4.78, 5) is 1.33. The Balaban J connectivity index is 1.65. The highest BCUT2D eigenvalue weighted by Crippen LogP contribution is 2.38. The van der Waals surface area contributed by atoms with E-state index in [9.17, 15) is 0 Å². The second-order valence-corrected chi connectivity index (χ2v) is 6.39. The molecule has 1 aliphatic rings. The van der Waals surface area contributed by atoms with Crippen LogP contribution in [0, 0.1) is 0 Å². The van der Waals surface area contributed by atoms with Gasteiger partial charge in [0.25, 0.3) is 0 Å². The highest BCUT2D eigenvalue weighted by Gasteiger charge is 2.33. The molecule has 2 aromatic rings. The van der Waals surface area contributed by atoms with Crippen LogP contribution < -0.4 is 5.73 Å². The van der Waals surface area contributed by atoms with Crippen LogP contribution in [0.5, 0.6) is 0 Å². The molecule has 0 amide bonds. The van der Waals surface area contributed by atoms with Crippen molar-refractivity contribution in [1.82, 2.24) is 0 Å². The number of hydrogen-bond acceptors (Lipinski definition) is 2. The molecule has 2 heteroatoms. The summed E-state index contributed by atoms with van der Waals surface area (Å²) in [7, 11) is 0. The van der Waals surface area contributed by atoms with Gasteiger partial charge in [-0.3, -0.25) is 0 Å². The fraction of sp³-hybridized carbons (Fsp3) is 0.294. The third kappa shape index (κ3) is 2.70. The molecule has 0 radical (unpaired) electrons. The molecule has 0 heterocycles. The molecular formula is C17H19NS. The summed E-state index contributed by atoms with van der Waals surface area (Å²) < 4.78 is 0. The predicted molar refractivity (Wildman–Crippen MR) is 82.4 cm³/mol. The molecule has 0 spiro atoms. The first-order valence-electron chi connectivity index (χ1n) is 6.83. The van der Waals surface area contributed by atoms with E-state index < -0.39 is 0 Å². The fourth-order valence-electron chi connectivity index (χ4n) is 2.84. The molecule has 19 heavy (non-hydrogen) atoms. The zero-order chi connectivity index (χ0) is 13.1. The minimum atomic E-state index is -0.113. The molecule has 1 nitrogen and oxygen atoms in total. The number of benzene rings is 2. The third-order valence-electron chi connectivity index (χ3n) is 3.95. The predicted octanol–water partition coefficient (Wildman–Crippen LogP) is 3.97. The van der Waals surface area contributed by atoms with E-state index in [0.29, 0.717) is 0 Å². The minimum Gasteiger partial charge on any atom is -0.321 e. The van der Waals surface area contributed by atoms with Gasteiger partial charge in [0.05, 0.1) is 0 Å². The average Bonchev–Trinajstić information content (AvgIpc) is 2.79. The summed E-state index contributed by atoms with van der Waals surface area (Å²) >= 11 is 1.90. The van der Waals surface area contributed by atoms with Crippen LogP contribution >= 0.6 is 11.8 Å². The molecule has 1 aliphatic carbocycles. The monoisotopic (exact) mass is 269 g/mol. The summed E-state index contributed by atoms with van der Waals surface area (Å²) in [5, 5.41) is 0. The van der Waals surface area contributed by atoms with Gasteiger partial charge in [-0.1, -0.05) is 42.5 Å². The quantitative estimate of drug-likeness (QED) is 0.850. The standard InChI is InChI=1S/C17H19NS/c18-17(11-10-14-6-4-5-9-16(14)17)12-13-19-15-7-2-1-3-8-15/h1-9H,10-13,18H2. The van der Waals surface area contributed by atoms with Crippen LogP contribution in [0.3, 0.4) is 0 Å². The van der Waals surface area contributed by atoms with Gasteiger partial charge in [-0.2, -0.15) is 0 Å². The van der Waals surface area contributed by atoms with Gasteiger partial charge < -0.3 is 5.73 Å². The van der Waals surface area contributed by atoms with Crippen molar-refractivity contribution in [3.8, 4) is 0 Å². The van der Waals surface area contributed by atoms with Gasteiger partial charge >= 0.3 is 0 Å². The van der Waals surface area contributed by atoms with Crippen LogP contribution in [0.1, 0.15) is 24.0 Å². The van der Waals surface area contributed by atoms with Crippen LogP contribution in [0.2, 0.25) is 0 Å². The summed E-state index contributed by atoms with van der Waals surface area (Å²) in [6, 6.07) is 19.2. The van der Waals surface area contributed by atoms with Gasteiger partial charge in [-0.25, -0.2) is 0 Å². The largest absolute Gasteiger partial charge is 0.321 e. The number of aryl methyl sites for hydroxylation is 1. The average molecular weight is 269 g/mol. The summed E-state index contributed by atoms with van der Waals surface area (Å²) in [6.07, 6.45) is 3.26. The number of hydrogen-bond donors (Lipinski definition) is 1. The normalized spacial score (nSPS) is 21.3. The van der Waals surface area contributed by atoms with Crippen LogP contribution in [0.4, 0.5) is 0 Å². The Morgan fingerprint density at radius 3 is 2.58 bits per heavy atom. The third-order valence-corrected chi connectivity index (χ3v) is 4.97. The smallest absolute Gasteiger partial charge is 0.0423 e. The highest BCUT2D eigenvalue weighted by molar-refractivity contribution is 7.99. The van der Waals surface area contributed by atoms with Gasteiger partial charge in [-0.15, -0.1) is 11.8 Å². The molecule has 0 saturated heterocycles. The van der Waals surface area contributed by atoms with E-state index in [1.807, 2.05) is 11.8 Å². The molecule has 0 aliphatic heterocycles. The number of nitrogens with two attached hydrogens (primary N) is 1. The molecule has 0 fully saturated rings. The zero-order valence-electron chi connectivity index (χ0n) is 11.0. The van der Waals surface area contributed by atoms with Crippen LogP contribution in [-0.2, 0) is 12.0 Å². The molecule has 2 aromatic carbocycles. The molecule has 0 aromatic heterocycles.